The molecule has 0 atom stereocenters. The van der Waals surface area contributed by atoms with Crippen LogP contribution in [0.15, 0.2) is 53.4 Å². The second-order valence-corrected chi connectivity index (χ2v) is 11.2. The molecule has 2 aromatic carbocycles. The van der Waals surface area contributed by atoms with Gasteiger partial charge in [0.2, 0.25) is 5.91 Å². The van der Waals surface area contributed by atoms with E-state index < -0.39 is 15.9 Å². The van der Waals surface area contributed by atoms with Gasteiger partial charge in [0.05, 0.1) is 14.9 Å². The SMILES string of the molecule is O=C(NS(=O)(=O)c1ccccc1)C1CCC(N2CCC(Oc3ccc(Cl)c(Cl)c3)CC2)CC1. The molecule has 2 aliphatic rings. The fourth-order valence-corrected chi connectivity index (χ4v) is 6.03. The van der Waals surface area contributed by atoms with Gasteiger partial charge in [-0.05, 0) is 62.8 Å². The fourth-order valence-electron chi connectivity index (χ4n) is 4.68. The summed E-state index contributed by atoms with van der Waals surface area (Å²) in [6, 6.07) is 13.8. The van der Waals surface area contributed by atoms with Gasteiger partial charge in [0.25, 0.3) is 10.0 Å². The first-order valence-corrected chi connectivity index (χ1v) is 13.5. The van der Waals surface area contributed by atoms with Crippen molar-refractivity contribution in [2.24, 2.45) is 5.92 Å². The maximum Gasteiger partial charge on any atom is 0.264 e. The minimum Gasteiger partial charge on any atom is -0.490 e. The van der Waals surface area contributed by atoms with Crippen LogP contribution in [0.1, 0.15) is 38.5 Å². The molecule has 1 saturated heterocycles. The molecular formula is C24H28Cl2N2O4S. The Morgan fingerprint density at radius 1 is 0.909 bits per heavy atom. The van der Waals surface area contributed by atoms with Crippen LogP contribution >= 0.6 is 23.2 Å². The lowest BCUT2D eigenvalue weighted by Gasteiger charge is -2.40. The lowest BCUT2D eigenvalue weighted by molar-refractivity contribution is -0.124. The van der Waals surface area contributed by atoms with Crippen LogP contribution in [0.5, 0.6) is 5.75 Å². The van der Waals surface area contributed by atoms with Crippen LogP contribution < -0.4 is 9.46 Å². The summed E-state index contributed by atoms with van der Waals surface area (Å²) in [7, 11) is -3.82. The molecular weight excluding hydrogens is 483 g/mol. The Morgan fingerprint density at radius 2 is 1.58 bits per heavy atom. The molecule has 1 aliphatic carbocycles. The molecule has 2 aromatic rings. The van der Waals surface area contributed by atoms with Crippen LogP contribution in [0.2, 0.25) is 10.0 Å². The monoisotopic (exact) mass is 510 g/mol. The van der Waals surface area contributed by atoms with Crippen molar-refractivity contribution in [3.63, 3.8) is 0 Å². The van der Waals surface area contributed by atoms with Gasteiger partial charge in [-0.3, -0.25) is 4.79 Å². The lowest BCUT2D eigenvalue weighted by atomic mass is 9.84. The van der Waals surface area contributed by atoms with Crippen molar-refractivity contribution in [1.82, 2.24) is 9.62 Å². The second kappa shape index (κ2) is 10.6. The lowest BCUT2D eigenvalue weighted by Crippen LogP contribution is -2.46. The van der Waals surface area contributed by atoms with Crippen molar-refractivity contribution in [3.05, 3.63) is 58.6 Å². The number of rotatable bonds is 6. The topological polar surface area (TPSA) is 75.7 Å². The van der Waals surface area contributed by atoms with Crippen LogP contribution in [-0.4, -0.2) is 44.5 Å². The molecule has 6 nitrogen and oxygen atoms in total. The van der Waals surface area contributed by atoms with E-state index in [-0.39, 0.29) is 16.9 Å². The van der Waals surface area contributed by atoms with Gasteiger partial charge < -0.3 is 9.64 Å². The molecule has 33 heavy (non-hydrogen) atoms. The van der Waals surface area contributed by atoms with E-state index in [0.717, 1.165) is 44.5 Å². The van der Waals surface area contributed by atoms with Crippen molar-refractivity contribution < 1.29 is 17.9 Å². The highest BCUT2D eigenvalue weighted by atomic mass is 35.5. The zero-order valence-corrected chi connectivity index (χ0v) is 20.6. The zero-order valence-electron chi connectivity index (χ0n) is 18.3. The molecule has 1 heterocycles. The number of hydrogen-bond acceptors (Lipinski definition) is 5. The number of ether oxygens (including phenoxy) is 1. The molecule has 178 valence electrons. The van der Waals surface area contributed by atoms with E-state index in [1.165, 1.54) is 12.1 Å². The highest BCUT2D eigenvalue weighted by Gasteiger charge is 2.33. The summed E-state index contributed by atoms with van der Waals surface area (Å²) in [4.78, 5) is 15.2. The summed E-state index contributed by atoms with van der Waals surface area (Å²) < 4.78 is 33.2. The number of carbonyl (C=O) groups excluding carboxylic acids is 1. The number of carbonyl (C=O) groups is 1. The molecule has 1 N–H and O–H groups in total. The normalized spacial score (nSPS) is 22.6. The molecule has 2 fully saturated rings. The summed E-state index contributed by atoms with van der Waals surface area (Å²) in [6.45, 7) is 1.88. The number of hydrogen-bond donors (Lipinski definition) is 1. The van der Waals surface area contributed by atoms with Crippen molar-refractivity contribution in [2.75, 3.05) is 13.1 Å². The Morgan fingerprint density at radius 3 is 2.21 bits per heavy atom. The van der Waals surface area contributed by atoms with Crippen LogP contribution in [0, 0.1) is 5.92 Å². The summed E-state index contributed by atoms with van der Waals surface area (Å²) in [5.74, 6) is 0.0705. The van der Waals surface area contributed by atoms with Gasteiger partial charge in [-0.1, -0.05) is 41.4 Å². The quantitative estimate of drug-likeness (QED) is 0.597. The fraction of sp³-hybridized carbons (Fsp3) is 0.458. The van der Waals surface area contributed by atoms with Gasteiger partial charge in [-0.15, -0.1) is 0 Å². The zero-order chi connectivity index (χ0) is 23.4. The third-order valence-electron chi connectivity index (χ3n) is 6.54. The summed E-state index contributed by atoms with van der Waals surface area (Å²) in [6.07, 6.45) is 5.17. The number of nitrogens with one attached hydrogen (secondary N) is 1. The Hall–Kier alpha value is -1.80. The summed E-state index contributed by atoms with van der Waals surface area (Å²) >= 11 is 12.0. The Bertz CT molecular complexity index is 1070. The minimum absolute atomic E-state index is 0.109. The molecule has 0 unspecified atom stereocenters. The molecule has 1 saturated carbocycles. The molecule has 0 bridgehead atoms. The van der Waals surface area contributed by atoms with Crippen LogP contribution in [0.3, 0.4) is 0 Å². The number of piperidine rings is 1. The Labute approximate surface area is 205 Å². The van der Waals surface area contributed by atoms with E-state index in [2.05, 4.69) is 9.62 Å². The molecule has 0 aromatic heterocycles. The third-order valence-corrected chi connectivity index (χ3v) is 8.64. The average molecular weight is 511 g/mol. The summed E-state index contributed by atoms with van der Waals surface area (Å²) in [5.41, 5.74) is 0. The standard InChI is InChI=1S/C24H28Cl2N2O4S/c25-22-11-10-20(16-23(22)26)32-19-12-14-28(15-13-19)18-8-6-17(7-9-18)24(29)27-33(30,31)21-4-2-1-3-5-21/h1-5,10-11,16-19H,6-9,12-15H2,(H,27,29). The van der Waals surface area contributed by atoms with E-state index in [9.17, 15) is 13.2 Å². The smallest absolute Gasteiger partial charge is 0.264 e. The molecule has 9 heteroatoms. The first kappa shape index (κ1) is 24.3. The highest BCUT2D eigenvalue weighted by Crippen LogP contribution is 2.32. The van der Waals surface area contributed by atoms with E-state index in [0.29, 0.717) is 28.9 Å². The van der Waals surface area contributed by atoms with E-state index >= 15 is 0 Å². The van der Waals surface area contributed by atoms with Crippen LogP contribution in [0.25, 0.3) is 0 Å². The van der Waals surface area contributed by atoms with E-state index in [1.807, 2.05) is 6.07 Å². The Balaban J connectivity index is 1.22. The maximum atomic E-state index is 12.6. The number of likely N-dealkylation sites (tertiary alicyclic amines) is 1. The van der Waals surface area contributed by atoms with Crippen molar-refractivity contribution in [3.8, 4) is 5.75 Å². The first-order valence-electron chi connectivity index (χ1n) is 11.3. The molecule has 4 rings (SSSR count). The van der Waals surface area contributed by atoms with Gasteiger partial charge in [0.1, 0.15) is 11.9 Å². The third kappa shape index (κ3) is 6.21. The predicted octanol–water partition coefficient (Wildman–Crippen LogP) is 4.90. The van der Waals surface area contributed by atoms with Crippen molar-refractivity contribution in [2.45, 2.75) is 55.6 Å². The predicted molar refractivity (Wildman–Crippen MR) is 129 cm³/mol. The number of benzene rings is 2. The minimum atomic E-state index is -3.82. The number of nitrogens with zero attached hydrogens (tertiary/aromatic N) is 1. The van der Waals surface area contributed by atoms with Crippen LogP contribution in [0.4, 0.5) is 0 Å². The molecule has 0 radical (unpaired) electrons. The van der Waals surface area contributed by atoms with Gasteiger partial charge in [-0.25, -0.2) is 13.1 Å². The largest absolute Gasteiger partial charge is 0.490 e. The van der Waals surface area contributed by atoms with Crippen molar-refractivity contribution in [1.29, 1.82) is 0 Å². The van der Waals surface area contributed by atoms with Gasteiger partial charge in [0, 0.05) is 31.1 Å². The van der Waals surface area contributed by atoms with Crippen LogP contribution in [-0.2, 0) is 14.8 Å². The Kier molecular flexibility index (Phi) is 7.84. The summed E-state index contributed by atoms with van der Waals surface area (Å²) in [5, 5.41) is 1.00. The highest BCUT2D eigenvalue weighted by molar-refractivity contribution is 7.90. The van der Waals surface area contributed by atoms with E-state index in [4.69, 9.17) is 27.9 Å². The first-order chi connectivity index (χ1) is 15.8. The van der Waals surface area contributed by atoms with Gasteiger partial charge in [0.15, 0.2) is 0 Å². The van der Waals surface area contributed by atoms with Crippen molar-refractivity contribution >= 4 is 39.1 Å². The number of sulfonamides is 1. The molecule has 1 aliphatic heterocycles. The molecule has 0 spiro atoms. The number of amides is 1. The van der Waals surface area contributed by atoms with Gasteiger partial charge in [-0.2, -0.15) is 0 Å². The average Bonchev–Trinajstić information content (AvgIpc) is 2.82. The number of halogens is 2. The molecule has 1 amide bonds. The maximum absolute atomic E-state index is 12.6. The van der Waals surface area contributed by atoms with E-state index in [1.54, 1.807) is 30.3 Å². The van der Waals surface area contributed by atoms with Gasteiger partial charge >= 0.3 is 0 Å². The second-order valence-electron chi connectivity index (χ2n) is 8.72.